The van der Waals surface area contributed by atoms with Crippen LogP contribution < -0.4 is 21.3 Å². The van der Waals surface area contributed by atoms with Crippen LogP contribution in [0.2, 0.25) is 50.2 Å². The number of benzene rings is 9. The highest BCUT2D eigenvalue weighted by molar-refractivity contribution is 6.50. The SMILES string of the molecule is CC(=O)NC1=CC(=Nc2cc(Cl)c(C)c(Cl)c2)C(NC(C)=O)=CC1=O.CC(=O)NC1=NC(c2ccccc2)=NC1=Nc1cc(Cl)c(C)c(Cl)c1.CCCNC(=O)C1=CC(=Nc2cc(Cl)c(C)c(Cl)c2)c2ccccc2C1=O.[C-]#[N+]/C(C#N)=C1/C(Cl)=CC(=Nc2cc(Cl)c(C)c(Cl)c2)c2ccccc21.[C-]#[N+]C(=Nc1cc(Cl)c(C)c(Cl)c1)/C(=C(/C#N)[N+]#[C-])c1ccccc1. The molecule has 4 N–H and O–H groups in total. The number of Topliss-reactive ketones (excluding diaryl/α,β-unsaturated/α-hetero) is 1. The number of nitrogens with one attached hydrogen (secondary N) is 4. The monoisotopic (exact) mass is 1910 g/mol. The summed E-state index contributed by atoms with van der Waals surface area (Å²) < 4.78 is 0. The number of carbonyl (C=O) groups excluding carboxylic acids is 6. The number of halogens is 11. The molecular weight excluding hydrogens is 1850 g/mol. The summed E-state index contributed by atoms with van der Waals surface area (Å²) in [5.41, 5.74) is 12.4. The Morgan fingerprint density at radius 2 is 0.852 bits per heavy atom. The Morgan fingerprint density at radius 3 is 1.28 bits per heavy atom. The molecule has 3 aliphatic carbocycles. The zero-order chi connectivity index (χ0) is 93.5. The highest BCUT2D eigenvalue weighted by atomic mass is 35.5. The van der Waals surface area contributed by atoms with E-state index in [1.54, 1.807) is 129 Å². The molecule has 4 aliphatic rings. The maximum Gasteiger partial charge on any atom is 0.271 e. The van der Waals surface area contributed by atoms with Crippen molar-refractivity contribution in [1.82, 2.24) is 21.3 Å². The molecule has 4 amide bonds. The van der Waals surface area contributed by atoms with E-state index in [0.717, 1.165) is 39.8 Å². The molecule has 9 aromatic rings. The van der Waals surface area contributed by atoms with Gasteiger partial charge in [-0.1, -0.05) is 250 Å². The van der Waals surface area contributed by atoms with Crippen molar-refractivity contribution in [2.75, 3.05) is 6.54 Å². The van der Waals surface area contributed by atoms with Crippen LogP contribution in [0.3, 0.4) is 0 Å². The number of ketones is 2. The first kappa shape index (κ1) is 98.8. The first-order valence-electron chi connectivity index (χ1n) is 37.8. The average Bonchev–Trinajstić information content (AvgIpc) is 0.974. The van der Waals surface area contributed by atoms with E-state index in [1.807, 2.05) is 100 Å². The molecule has 640 valence electrons. The van der Waals surface area contributed by atoms with Gasteiger partial charge in [-0.3, -0.25) is 28.8 Å². The number of amides is 4. The van der Waals surface area contributed by atoms with Gasteiger partial charge in [-0.15, -0.1) is 4.99 Å². The van der Waals surface area contributed by atoms with Crippen LogP contribution in [0.1, 0.15) is 100 Å². The van der Waals surface area contributed by atoms with Crippen LogP contribution in [0.4, 0.5) is 28.4 Å². The lowest BCUT2D eigenvalue weighted by Crippen LogP contribution is -2.32. The third-order valence-electron chi connectivity index (χ3n) is 18.3. The molecule has 0 saturated carbocycles. The summed E-state index contributed by atoms with van der Waals surface area (Å²) in [4.78, 5) is 112. The van der Waals surface area contributed by atoms with Gasteiger partial charge < -0.3 is 26.1 Å². The van der Waals surface area contributed by atoms with E-state index in [2.05, 4.69) is 70.7 Å². The molecule has 9 aromatic carbocycles. The van der Waals surface area contributed by atoms with Crippen molar-refractivity contribution in [3.8, 4) is 12.1 Å². The van der Waals surface area contributed by atoms with E-state index in [4.69, 9.17) is 147 Å². The van der Waals surface area contributed by atoms with E-state index in [0.29, 0.717) is 153 Å². The minimum absolute atomic E-state index is 0.0563. The molecule has 0 unspecified atom stereocenters. The first-order chi connectivity index (χ1) is 61.0. The van der Waals surface area contributed by atoms with Crippen LogP contribution in [0.25, 0.3) is 25.7 Å². The topological polar surface area (TPSA) is 298 Å². The third-order valence-corrected chi connectivity index (χ3v) is 22.5. The van der Waals surface area contributed by atoms with Gasteiger partial charge in [-0.2, -0.15) is 0 Å². The second-order valence-electron chi connectivity index (χ2n) is 27.4. The molecule has 0 bridgehead atoms. The Balaban J connectivity index is 0.000000181. The normalized spacial score (nSPS) is 14.7. The Kier molecular flexibility index (Phi) is 35.4. The summed E-state index contributed by atoms with van der Waals surface area (Å²) in [7, 11) is 0. The average molecular weight is 1920 g/mol. The van der Waals surface area contributed by atoms with Gasteiger partial charge in [0, 0.05) is 134 Å². The largest absolute Gasteiger partial charge is 0.361 e. The number of amidine groups is 4. The molecule has 0 fully saturated rings. The Bertz CT molecular complexity index is 6620. The predicted molar refractivity (Wildman–Crippen MR) is 517 cm³/mol. The Hall–Kier alpha value is -13.0. The minimum atomic E-state index is -0.446. The summed E-state index contributed by atoms with van der Waals surface area (Å²) >= 11 is 68.0. The summed E-state index contributed by atoms with van der Waals surface area (Å²) in [6.45, 7) is 37.4. The number of fused-ring (bicyclic) bond motifs is 2. The molecule has 33 heteroatoms. The fourth-order valence-corrected chi connectivity index (χ4v) is 14.4. The van der Waals surface area contributed by atoms with Crippen LogP contribution >= 0.6 is 128 Å². The number of nitriles is 2. The van der Waals surface area contributed by atoms with Crippen LogP contribution in [0.5, 0.6) is 0 Å². The number of nitrogens with zero attached hydrogens (tertiary/aromatic N) is 12. The number of aliphatic imine (C=N–C) groups is 7. The van der Waals surface area contributed by atoms with E-state index in [-0.39, 0.29) is 63.1 Å². The molecular formula is C95H67Cl11N16O6. The molecule has 0 radical (unpaired) electrons. The lowest BCUT2D eigenvalue weighted by molar-refractivity contribution is -0.120. The summed E-state index contributed by atoms with van der Waals surface area (Å²) in [5.74, 6) is -1.16. The van der Waals surface area contributed by atoms with Gasteiger partial charge in [0.25, 0.3) is 23.1 Å². The zero-order valence-electron chi connectivity index (χ0n) is 68.9. The van der Waals surface area contributed by atoms with Gasteiger partial charge in [0.2, 0.25) is 23.5 Å². The second kappa shape index (κ2) is 45.9. The fraction of sp³-hybridized carbons (Fsp3) is 0.116. The summed E-state index contributed by atoms with van der Waals surface area (Å²) in [6.07, 6.45) is 6.53. The van der Waals surface area contributed by atoms with Crippen molar-refractivity contribution < 1.29 is 28.8 Å². The van der Waals surface area contributed by atoms with Crippen LogP contribution in [0.15, 0.2) is 263 Å². The number of hydrogen-bond donors (Lipinski definition) is 4. The molecule has 13 rings (SSSR count). The van der Waals surface area contributed by atoms with Crippen molar-refractivity contribution in [3.63, 3.8) is 0 Å². The van der Waals surface area contributed by atoms with Crippen molar-refractivity contribution in [2.45, 2.75) is 68.7 Å². The van der Waals surface area contributed by atoms with Crippen molar-refractivity contribution >= 4 is 243 Å². The van der Waals surface area contributed by atoms with Gasteiger partial charge in [0.05, 0.1) is 82.1 Å². The number of rotatable bonds is 13. The third kappa shape index (κ3) is 25.7. The van der Waals surface area contributed by atoms with E-state index in [9.17, 15) is 39.3 Å². The maximum atomic E-state index is 12.7. The van der Waals surface area contributed by atoms with Gasteiger partial charge in [0.15, 0.2) is 29.0 Å². The number of hydrogen-bond acceptors (Lipinski definition) is 14. The molecule has 0 aromatic heterocycles. The molecule has 0 saturated heterocycles. The first-order valence-corrected chi connectivity index (χ1v) is 42.0. The summed E-state index contributed by atoms with van der Waals surface area (Å²) in [5, 5.41) is 34.0. The van der Waals surface area contributed by atoms with Crippen LogP contribution in [-0.4, -0.2) is 82.2 Å². The minimum Gasteiger partial charge on any atom is -0.361 e. The lowest BCUT2D eigenvalue weighted by Gasteiger charge is -2.19. The highest BCUT2D eigenvalue weighted by Gasteiger charge is 2.30. The molecule has 1 heterocycles. The second-order valence-corrected chi connectivity index (χ2v) is 31.9. The summed E-state index contributed by atoms with van der Waals surface area (Å²) in [6, 6.07) is 53.1. The molecule has 0 spiro atoms. The fourth-order valence-electron chi connectivity index (χ4n) is 11.7. The molecule has 1 aliphatic heterocycles. The van der Waals surface area contributed by atoms with Crippen LogP contribution in [-0.2, 0) is 24.0 Å². The van der Waals surface area contributed by atoms with Gasteiger partial charge in [-0.25, -0.2) is 50.2 Å². The van der Waals surface area contributed by atoms with E-state index in [1.165, 1.54) is 39.0 Å². The molecule has 128 heavy (non-hydrogen) atoms. The Labute approximate surface area is 792 Å². The number of carbonyl (C=O) groups is 6. The van der Waals surface area contributed by atoms with Crippen molar-refractivity contribution in [2.24, 2.45) is 34.9 Å². The standard InChI is InChI=1S/C21H18Cl2N2O2.C20H10Cl3N3.C19H10Cl2N4.C18H14Cl2N4O.C17H15Cl2N3O3/c1-3-8-24-21(27)16-11-19(14-6-4-5-7-15(14)20(16)26)25-13-9-17(22)12(2)18(23)10-13;1-11-15(21)7-12(8-16(11)22)26-18-9-17(23)20(19(10-24)25-2)14-6-4-3-5-13(14)18;1-12-15(20)9-14(10-16(12)21)25-19(24-3)18(17(11-22)23-2)13-7-5-4-6-8-13;1-10-14(19)8-13(9-15(10)20)22-18-17(21-11(2)25)23-16(24-18)12-6-4-3-5-7-12;1-8-12(18)4-11(5-13(8)19)22-14-6-16(21-10(3)24)17(25)7-15(14)20-9(2)23/h4-7,9-11H,3,8H2,1-2H3,(H,24,27);3-9H,1H3;4-10H,1H3;3-9H,1-2H3,(H,21,22,23,24,25);4-7H,1-3H3,(H,20,23)(H,21,24)/b;20-19+,26-18?;18-17-,25-19?;;. The van der Waals surface area contributed by atoms with E-state index < -0.39 is 17.6 Å². The Morgan fingerprint density at radius 1 is 0.445 bits per heavy atom. The van der Waals surface area contributed by atoms with Crippen molar-refractivity contribution in [1.29, 1.82) is 10.5 Å². The quantitative estimate of drug-likeness (QED) is 0.0214. The van der Waals surface area contributed by atoms with Gasteiger partial charge >= 0.3 is 0 Å². The smallest absolute Gasteiger partial charge is 0.271 e. The highest BCUT2D eigenvalue weighted by Crippen LogP contribution is 2.41. The van der Waals surface area contributed by atoms with Gasteiger partial charge in [0.1, 0.15) is 0 Å². The zero-order valence-corrected chi connectivity index (χ0v) is 77.2. The molecule has 22 nitrogen and oxygen atoms in total. The van der Waals surface area contributed by atoms with Crippen LogP contribution in [0, 0.1) is 77.0 Å². The molecule has 0 atom stereocenters. The number of allylic oxidation sites excluding steroid dienone is 8. The van der Waals surface area contributed by atoms with Gasteiger partial charge in [-0.05, 0) is 147 Å². The van der Waals surface area contributed by atoms with E-state index >= 15 is 0 Å². The maximum absolute atomic E-state index is 12.7. The van der Waals surface area contributed by atoms with Crippen molar-refractivity contribution in [3.05, 3.63) is 373 Å². The lowest BCUT2D eigenvalue weighted by atomic mass is 9.88. The predicted octanol–water partition coefficient (Wildman–Crippen LogP) is 25.2.